The van der Waals surface area contributed by atoms with E-state index in [1.807, 2.05) is 96.1 Å². The second-order valence-electron chi connectivity index (χ2n) is 17.6. The number of ether oxygens (including phenoxy) is 4. The van der Waals surface area contributed by atoms with Gasteiger partial charge >= 0.3 is 5.97 Å². The maximum atomic E-state index is 14.4. The minimum absolute atomic E-state index is 0.0125. The molecule has 2 saturated heterocycles. The SMILES string of the molecule is CCC1OC(=O)C(C)C(CC(=O)Cc2ccccc2)C(C)C(OC2OC(C)CC(N(C)C)C2O)C(C)(OC)CC(C)C(=NN=C(C)c2ccc[nH]2)C(C)C(O)C1(C)O. The largest absolute Gasteiger partial charge is 0.459 e. The summed E-state index contributed by atoms with van der Waals surface area (Å²) >= 11 is 0. The number of carbonyl (C=O) groups excluding carboxylic acids is 2. The first-order chi connectivity index (χ1) is 27.2. The monoisotopic (exact) mass is 811 g/mol. The molecule has 2 fully saturated rings. The fourth-order valence-corrected chi connectivity index (χ4v) is 9.13. The molecule has 1 aromatic carbocycles. The average Bonchev–Trinajstić information content (AvgIpc) is 3.73. The van der Waals surface area contributed by atoms with Gasteiger partial charge in [0.25, 0.3) is 0 Å². The maximum absolute atomic E-state index is 14.4. The van der Waals surface area contributed by atoms with Crippen molar-refractivity contribution < 1.29 is 43.9 Å². The van der Waals surface area contributed by atoms with Gasteiger partial charge in [-0.1, -0.05) is 65.0 Å². The van der Waals surface area contributed by atoms with Crippen molar-refractivity contribution in [2.24, 2.45) is 39.8 Å². The van der Waals surface area contributed by atoms with Crippen LogP contribution in [-0.4, -0.2) is 124 Å². The summed E-state index contributed by atoms with van der Waals surface area (Å²) in [5.74, 6) is -3.91. The second-order valence-corrected chi connectivity index (χ2v) is 17.6. The number of benzene rings is 1. The van der Waals surface area contributed by atoms with E-state index in [1.54, 1.807) is 34.1 Å². The van der Waals surface area contributed by atoms with Crippen LogP contribution in [0.15, 0.2) is 58.9 Å². The Labute approximate surface area is 345 Å². The van der Waals surface area contributed by atoms with Gasteiger partial charge in [-0.25, -0.2) is 0 Å². The van der Waals surface area contributed by atoms with E-state index in [2.05, 4.69) is 10.1 Å². The highest BCUT2D eigenvalue weighted by Crippen LogP contribution is 2.42. The molecular weight excluding hydrogens is 741 g/mol. The fraction of sp³-hybridized carbons (Fsp3) is 0.689. The number of ketones is 1. The van der Waals surface area contributed by atoms with Gasteiger partial charge < -0.3 is 44.2 Å². The Morgan fingerprint density at radius 3 is 2.29 bits per heavy atom. The second kappa shape index (κ2) is 20.3. The zero-order valence-corrected chi connectivity index (χ0v) is 36.7. The highest BCUT2D eigenvalue weighted by Gasteiger charge is 2.52. The van der Waals surface area contributed by atoms with Crippen LogP contribution in [0.4, 0.5) is 0 Å². The van der Waals surface area contributed by atoms with E-state index >= 15 is 0 Å². The van der Waals surface area contributed by atoms with Crippen molar-refractivity contribution in [2.45, 2.75) is 148 Å². The van der Waals surface area contributed by atoms with Crippen LogP contribution in [0.2, 0.25) is 0 Å². The molecule has 13 nitrogen and oxygen atoms in total. The first-order valence-corrected chi connectivity index (χ1v) is 20.9. The Morgan fingerprint density at radius 1 is 1.03 bits per heavy atom. The average molecular weight is 811 g/mol. The van der Waals surface area contributed by atoms with Crippen molar-refractivity contribution in [1.29, 1.82) is 0 Å². The number of Topliss-reactive ketones (excluding diaryl/α,β-unsaturated/α-hetero) is 1. The Kier molecular flexibility index (Phi) is 16.6. The van der Waals surface area contributed by atoms with Crippen LogP contribution in [-0.2, 0) is 35.0 Å². The number of H-pyrrole nitrogens is 1. The van der Waals surface area contributed by atoms with E-state index in [0.717, 1.165) is 11.3 Å². The minimum Gasteiger partial charge on any atom is -0.459 e. The lowest BCUT2D eigenvalue weighted by atomic mass is 9.70. The zero-order valence-electron chi connectivity index (χ0n) is 36.7. The van der Waals surface area contributed by atoms with Gasteiger partial charge in [-0.05, 0) is 96.5 Å². The number of rotatable bonds is 11. The van der Waals surface area contributed by atoms with Crippen molar-refractivity contribution >= 4 is 23.2 Å². The van der Waals surface area contributed by atoms with E-state index in [9.17, 15) is 24.9 Å². The van der Waals surface area contributed by atoms with Gasteiger partial charge in [0.1, 0.15) is 23.6 Å². The maximum Gasteiger partial charge on any atom is 0.309 e. The smallest absolute Gasteiger partial charge is 0.309 e. The molecule has 3 heterocycles. The molecule has 0 aliphatic carbocycles. The Bertz CT molecular complexity index is 1680. The molecule has 0 amide bonds. The summed E-state index contributed by atoms with van der Waals surface area (Å²) in [6.07, 6.45) is -2.62. The third kappa shape index (κ3) is 11.1. The van der Waals surface area contributed by atoms with Crippen molar-refractivity contribution in [3.63, 3.8) is 0 Å². The molecule has 324 valence electrons. The lowest BCUT2D eigenvalue weighted by Gasteiger charge is -2.49. The molecule has 2 aromatic rings. The number of cyclic esters (lactones) is 1. The van der Waals surface area contributed by atoms with E-state index in [1.165, 1.54) is 6.92 Å². The summed E-state index contributed by atoms with van der Waals surface area (Å²) in [6.45, 7) is 16.4. The number of nitrogens with zero attached hydrogens (tertiary/aromatic N) is 3. The molecule has 58 heavy (non-hydrogen) atoms. The molecule has 14 atom stereocenters. The normalized spacial score (nSPS) is 38.0. The third-order valence-corrected chi connectivity index (χ3v) is 12.8. The Balaban J connectivity index is 1.91. The summed E-state index contributed by atoms with van der Waals surface area (Å²) in [5, 5.41) is 45.2. The topological polar surface area (TPSA) is 176 Å². The standard InChI is InChI=1S/C45H70N4O9/c1-13-37-45(9,54)40(52)30(6)38(48-47-31(7)35-20-17-21-46-35)26(2)25-44(8,55-12)41(58-43-39(51)36(49(10)11)22-27(3)56-43)28(4)34(29(5)42(53)57-37)24-33(50)23-32-18-15-14-16-19-32/h14-21,26-30,34,36-37,39-41,43,46,51-52,54H,13,22-25H2,1-12H3. The number of aromatic nitrogens is 1. The van der Waals surface area contributed by atoms with Crippen molar-refractivity contribution in [2.75, 3.05) is 21.2 Å². The van der Waals surface area contributed by atoms with Crippen LogP contribution in [0.5, 0.6) is 0 Å². The van der Waals surface area contributed by atoms with Crippen molar-refractivity contribution in [1.82, 2.24) is 9.88 Å². The number of nitrogens with one attached hydrogen (secondary N) is 1. The molecule has 4 rings (SSSR count). The Morgan fingerprint density at radius 2 is 1.71 bits per heavy atom. The van der Waals surface area contributed by atoms with Gasteiger partial charge in [-0.2, -0.15) is 10.2 Å². The fourth-order valence-electron chi connectivity index (χ4n) is 9.13. The van der Waals surface area contributed by atoms with Crippen molar-refractivity contribution in [3.8, 4) is 0 Å². The first kappa shape index (κ1) is 47.4. The van der Waals surface area contributed by atoms with Crippen LogP contribution in [0.3, 0.4) is 0 Å². The predicted molar refractivity (Wildman–Crippen MR) is 224 cm³/mol. The number of esters is 1. The van der Waals surface area contributed by atoms with Gasteiger partial charge in [0, 0.05) is 43.8 Å². The molecule has 1 aromatic heterocycles. The molecule has 2 aliphatic heterocycles. The van der Waals surface area contributed by atoms with Crippen LogP contribution in [0.25, 0.3) is 0 Å². The molecule has 2 aliphatic rings. The van der Waals surface area contributed by atoms with E-state index in [0.29, 0.717) is 17.8 Å². The molecule has 13 heteroatoms. The van der Waals surface area contributed by atoms with Crippen LogP contribution >= 0.6 is 0 Å². The third-order valence-electron chi connectivity index (χ3n) is 12.8. The number of methoxy groups -OCH3 is 1. The lowest BCUT2D eigenvalue weighted by molar-refractivity contribution is -0.299. The molecule has 0 saturated carbocycles. The van der Waals surface area contributed by atoms with Crippen LogP contribution < -0.4 is 0 Å². The zero-order chi connectivity index (χ0) is 43.1. The quantitative estimate of drug-likeness (QED) is 0.127. The summed E-state index contributed by atoms with van der Waals surface area (Å²) < 4.78 is 25.9. The minimum atomic E-state index is -1.89. The van der Waals surface area contributed by atoms with Crippen LogP contribution in [0.1, 0.15) is 99.3 Å². The van der Waals surface area contributed by atoms with Gasteiger partial charge in [0.05, 0.1) is 41.2 Å². The predicted octanol–water partition coefficient (Wildman–Crippen LogP) is 5.60. The van der Waals surface area contributed by atoms with Gasteiger partial charge in [-0.15, -0.1) is 0 Å². The number of hydrogen-bond donors (Lipinski definition) is 4. The molecule has 14 unspecified atom stereocenters. The van der Waals surface area contributed by atoms with E-state index in [4.69, 9.17) is 24.0 Å². The molecule has 0 spiro atoms. The number of likely N-dealkylation sites (N-methyl/N-ethyl adjacent to an activating group) is 1. The van der Waals surface area contributed by atoms with Gasteiger partial charge in [0.15, 0.2) is 6.29 Å². The summed E-state index contributed by atoms with van der Waals surface area (Å²) in [4.78, 5) is 33.5. The summed E-state index contributed by atoms with van der Waals surface area (Å²) in [7, 11) is 5.41. The first-order valence-electron chi connectivity index (χ1n) is 20.9. The van der Waals surface area contributed by atoms with E-state index in [-0.39, 0.29) is 43.6 Å². The highest BCUT2D eigenvalue weighted by atomic mass is 16.7. The summed E-state index contributed by atoms with van der Waals surface area (Å²) in [5.41, 5.74) is -0.298. The Hall–Kier alpha value is -3.30. The number of aromatic amines is 1. The number of aliphatic hydroxyl groups excluding tert-OH is 2. The van der Waals surface area contributed by atoms with Gasteiger partial charge in [-0.3, -0.25) is 9.59 Å². The van der Waals surface area contributed by atoms with E-state index < -0.39 is 77.5 Å². The number of carbonyl (C=O) groups is 2. The summed E-state index contributed by atoms with van der Waals surface area (Å²) in [6, 6.07) is 13.0. The van der Waals surface area contributed by atoms with Crippen molar-refractivity contribution in [3.05, 3.63) is 59.9 Å². The van der Waals surface area contributed by atoms with Gasteiger partial charge in [0.2, 0.25) is 0 Å². The molecule has 0 bridgehead atoms. The lowest BCUT2D eigenvalue weighted by Crippen LogP contribution is -2.60. The molecule has 4 N–H and O–H groups in total. The number of aliphatic hydroxyl groups is 3. The molecular formula is C45H70N4O9. The molecule has 0 radical (unpaired) electrons. The number of hydrogen-bond acceptors (Lipinski definition) is 12. The van der Waals surface area contributed by atoms with Crippen LogP contribution in [0, 0.1) is 29.6 Å². The highest BCUT2D eigenvalue weighted by molar-refractivity contribution is 5.98.